The highest BCUT2D eigenvalue weighted by atomic mass is 16.5. The second-order valence-corrected chi connectivity index (χ2v) is 3.35. The average molecular weight is 189 g/mol. The molecule has 80 valence electrons. The Hall–Kier alpha value is -0.120. The van der Waals surface area contributed by atoms with E-state index in [1.807, 2.05) is 6.92 Å². The van der Waals surface area contributed by atoms with Crippen molar-refractivity contribution in [2.45, 2.75) is 39.2 Å². The maximum absolute atomic E-state index is 8.97. The molecule has 0 amide bonds. The first-order valence-electron chi connectivity index (χ1n) is 5.24. The Morgan fingerprint density at radius 3 is 2.69 bits per heavy atom. The van der Waals surface area contributed by atoms with Gasteiger partial charge in [-0.25, -0.2) is 0 Å². The Labute approximate surface area is 81.5 Å². The van der Waals surface area contributed by atoms with Crippen molar-refractivity contribution >= 4 is 0 Å². The molecular formula is C10H23NO2. The molecule has 0 aliphatic heterocycles. The number of ether oxygens (including phenoxy) is 1. The Morgan fingerprint density at radius 2 is 2.08 bits per heavy atom. The van der Waals surface area contributed by atoms with Crippen LogP contribution in [0.15, 0.2) is 0 Å². The van der Waals surface area contributed by atoms with Crippen molar-refractivity contribution in [1.29, 1.82) is 0 Å². The summed E-state index contributed by atoms with van der Waals surface area (Å²) in [5, 5.41) is 12.2. The maximum atomic E-state index is 8.97. The molecule has 0 spiro atoms. The van der Waals surface area contributed by atoms with E-state index in [-0.39, 0.29) is 6.10 Å². The number of rotatable bonds is 9. The van der Waals surface area contributed by atoms with Gasteiger partial charge in [0.25, 0.3) is 0 Å². The predicted molar refractivity (Wildman–Crippen MR) is 54.9 cm³/mol. The molecule has 0 aliphatic rings. The van der Waals surface area contributed by atoms with Crippen molar-refractivity contribution in [2.75, 3.05) is 26.3 Å². The van der Waals surface area contributed by atoms with Crippen molar-refractivity contribution in [3.63, 3.8) is 0 Å². The summed E-state index contributed by atoms with van der Waals surface area (Å²) in [6.07, 6.45) is 2.83. The van der Waals surface area contributed by atoms with E-state index in [4.69, 9.17) is 9.84 Å². The first-order chi connectivity index (χ1) is 6.27. The molecule has 0 aromatic carbocycles. The third kappa shape index (κ3) is 11.9. The van der Waals surface area contributed by atoms with E-state index in [0.29, 0.717) is 0 Å². The molecule has 0 radical (unpaired) electrons. The van der Waals surface area contributed by atoms with Gasteiger partial charge >= 0.3 is 0 Å². The van der Waals surface area contributed by atoms with Crippen LogP contribution in [0.5, 0.6) is 0 Å². The van der Waals surface area contributed by atoms with Crippen LogP contribution in [-0.4, -0.2) is 37.5 Å². The molecule has 3 heteroatoms. The average Bonchev–Trinajstić information content (AvgIpc) is 2.09. The summed E-state index contributed by atoms with van der Waals surface area (Å²) in [6, 6.07) is 0. The minimum Gasteiger partial charge on any atom is -0.393 e. The molecule has 3 nitrogen and oxygen atoms in total. The van der Waals surface area contributed by atoms with Crippen LogP contribution in [0.2, 0.25) is 0 Å². The minimum absolute atomic E-state index is 0.168. The third-order valence-electron chi connectivity index (χ3n) is 1.75. The summed E-state index contributed by atoms with van der Waals surface area (Å²) >= 11 is 0. The molecule has 0 aliphatic carbocycles. The summed E-state index contributed by atoms with van der Waals surface area (Å²) < 4.78 is 5.30. The van der Waals surface area contributed by atoms with Crippen molar-refractivity contribution in [1.82, 2.24) is 5.32 Å². The second kappa shape index (κ2) is 9.96. The molecule has 0 fully saturated rings. The minimum atomic E-state index is -0.168. The summed E-state index contributed by atoms with van der Waals surface area (Å²) in [5.74, 6) is 0. The van der Waals surface area contributed by atoms with Gasteiger partial charge in [0.15, 0.2) is 0 Å². The molecule has 0 aromatic heterocycles. The first kappa shape index (κ1) is 12.9. The van der Waals surface area contributed by atoms with Gasteiger partial charge in [0.2, 0.25) is 0 Å². The topological polar surface area (TPSA) is 41.5 Å². The van der Waals surface area contributed by atoms with Crippen LogP contribution in [0, 0.1) is 0 Å². The molecule has 1 atom stereocenters. The van der Waals surface area contributed by atoms with Crippen molar-refractivity contribution in [3.8, 4) is 0 Å². The largest absolute Gasteiger partial charge is 0.393 e. The molecule has 13 heavy (non-hydrogen) atoms. The maximum Gasteiger partial charge on any atom is 0.0590 e. The van der Waals surface area contributed by atoms with Gasteiger partial charge in [-0.2, -0.15) is 0 Å². The van der Waals surface area contributed by atoms with Gasteiger partial charge < -0.3 is 15.2 Å². The van der Waals surface area contributed by atoms with E-state index < -0.39 is 0 Å². The second-order valence-electron chi connectivity index (χ2n) is 3.35. The highest BCUT2D eigenvalue weighted by molar-refractivity contribution is 4.51. The van der Waals surface area contributed by atoms with E-state index in [2.05, 4.69) is 12.2 Å². The SMILES string of the molecule is CCCOCCNCCCC(C)O. The molecule has 0 heterocycles. The summed E-state index contributed by atoms with van der Waals surface area (Å²) in [6.45, 7) is 7.47. The number of hydrogen-bond acceptors (Lipinski definition) is 3. The van der Waals surface area contributed by atoms with Gasteiger partial charge in [0.05, 0.1) is 12.7 Å². The fourth-order valence-electron chi connectivity index (χ4n) is 1.04. The van der Waals surface area contributed by atoms with Gasteiger partial charge in [0.1, 0.15) is 0 Å². The van der Waals surface area contributed by atoms with E-state index in [1.54, 1.807) is 0 Å². The predicted octanol–water partition coefficient (Wildman–Crippen LogP) is 1.16. The van der Waals surface area contributed by atoms with Crippen LogP contribution in [-0.2, 0) is 4.74 Å². The molecule has 1 unspecified atom stereocenters. The highest BCUT2D eigenvalue weighted by Crippen LogP contribution is 1.92. The van der Waals surface area contributed by atoms with Crippen LogP contribution in [0.4, 0.5) is 0 Å². The fourth-order valence-corrected chi connectivity index (χ4v) is 1.04. The van der Waals surface area contributed by atoms with E-state index in [9.17, 15) is 0 Å². The first-order valence-corrected chi connectivity index (χ1v) is 5.24. The van der Waals surface area contributed by atoms with Crippen LogP contribution >= 0.6 is 0 Å². The Kier molecular flexibility index (Phi) is 9.87. The van der Waals surface area contributed by atoms with Gasteiger partial charge in [0, 0.05) is 13.2 Å². The van der Waals surface area contributed by atoms with E-state index in [0.717, 1.165) is 45.6 Å². The number of nitrogens with one attached hydrogen (secondary N) is 1. The molecule has 2 N–H and O–H groups in total. The van der Waals surface area contributed by atoms with Crippen LogP contribution in [0.3, 0.4) is 0 Å². The Balaban J connectivity index is 2.84. The molecule has 0 saturated heterocycles. The molecule has 0 saturated carbocycles. The fraction of sp³-hybridized carbons (Fsp3) is 1.00. The van der Waals surface area contributed by atoms with Crippen LogP contribution < -0.4 is 5.32 Å². The van der Waals surface area contributed by atoms with Gasteiger partial charge in [-0.3, -0.25) is 0 Å². The lowest BCUT2D eigenvalue weighted by Gasteiger charge is -2.06. The quantitative estimate of drug-likeness (QED) is 0.535. The van der Waals surface area contributed by atoms with Crippen LogP contribution in [0.25, 0.3) is 0 Å². The lowest BCUT2D eigenvalue weighted by atomic mass is 10.2. The Bertz CT molecular complexity index is 96.9. The van der Waals surface area contributed by atoms with E-state index in [1.165, 1.54) is 0 Å². The van der Waals surface area contributed by atoms with Gasteiger partial charge in [-0.1, -0.05) is 6.92 Å². The Morgan fingerprint density at radius 1 is 1.31 bits per heavy atom. The van der Waals surface area contributed by atoms with Crippen LogP contribution in [0.1, 0.15) is 33.1 Å². The monoisotopic (exact) mass is 189 g/mol. The smallest absolute Gasteiger partial charge is 0.0590 e. The number of hydrogen-bond donors (Lipinski definition) is 2. The zero-order chi connectivity index (χ0) is 9.94. The lowest BCUT2D eigenvalue weighted by Crippen LogP contribution is -2.21. The summed E-state index contributed by atoms with van der Waals surface area (Å²) in [4.78, 5) is 0. The molecular weight excluding hydrogens is 166 g/mol. The van der Waals surface area contributed by atoms with Crippen molar-refractivity contribution in [3.05, 3.63) is 0 Å². The number of aliphatic hydroxyl groups excluding tert-OH is 1. The van der Waals surface area contributed by atoms with Gasteiger partial charge in [-0.15, -0.1) is 0 Å². The third-order valence-corrected chi connectivity index (χ3v) is 1.75. The summed E-state index contributed by atoms with van der Waals surface area (Å²) in [7, 11) is 0. The number of aliphatic hydroxyl groups is 1. The van der Waals surface area contributed by atoms with Gasteiger partial charge in [-0.05, 0) is 32.7 Å². The summed E-state index contributed by atoms with van der Waals surface area (Å²) in [5.41, 5.74) is 0. The lowest BCUT2D eigenvalue weighted by molar-refractivity contribution is 0.136. The zero-order valence-corrected chi connectivity index (χ0v) is 8.88. The van der Waals surface area contributed by atoms with Crippen molar-refractivity contribution < 1.29 is 9.84 Å². The van der Waals surface area contributed by atoms with E-state index >= 15 is 0 Å². The zero-order valence-electron chi connectivity index (χ0n) is 8.88. The molecule has 0 aromatic rings. The van der Waals surface area contributed by atoms with Crippen molar-refractivity contribution in [2.24, 2.45) is 0 Å². The molecule has 0 rings (SSSR count). The molecule has 0 bridgehead atoms. The highest BCUT2D eigenvalue weighted by Gasteiger charge is 1.94. The standard InChI is InChI=1S/C10H23NO2/c1-3-8-13-9-7-11-6-4-5-10(2)12/h10-12H,3-9H2,1-2H3. The normalized spacial score (nSPS) is 13.2.